The molecule has 13 heavy (non-hydrogen) atoms. The average molecular weight is 185 g/mol. The van der Waals surface area contributed by atoms with Crippen molar-refractivity contribution in [2.75, 3.05) is 6.54 Å². The molecule has 1 N–H and O–H groups in total. The molecule has 80 valence electrons. The molecule has 0 aromatic carbocycles. The van der Waals surface area contributed by atoms with E-state index < -0.39 is 0 Å². The van der Waals surface area contributed by atoms with E-state index in [9.17, 15) is 0 Å². The first-order valence-electron chi connectivity index (χ1n) is 5.36. The Morgan fingerprint density at radius 2 is 1.46 bits per heavy atom. The van der Waals surface area contributed by atoms with Crippen molar-refractivity contribution in [1.29, 1.82) is 0 Å². The smallest absolute Gasteiger partial charge is 0.00872 e. The Labute approximate surface area is 84.3 Å². The van der Waals surface area contributed by atoms with Gasteiger partial charge in [-0.3, -0.25) is 0 Å². The van der Waals surface area contributed by atoms with Gasteiger partial charge in [0.05, 0.1) is 0 Å². The molecule has 0 spiro atoms. The second-order valence-corrected chi connectivity index (χ2v) is 6.35. The Kier molecular flexibility index (Phi) is 4.44. The van der Waals surface area contributed by atoms with Crippen molar-refractivity contribution in [2.45, 2.75) is 60.9 Å². The number of hydrogen-bond acceptors (Lipinski definition) is 1. The quantitative estimate of drug-likeness (QED) is 0.710. The monoisotopic (exact) mass is 185 g/mol. The highest BCUT2D eigenvalue weighted by atomic mass is 14.9. The molecule has 1 unspecified atom stereocenters. The van der Waals surface area contributed by atoms with Crippen LogP contribution in [0.2, 0.25) is 0 Å². The minimum atomic E-state index is 0.373. The van der Waals surface area contributed by atoms with E-state index in [0.29, 0.717) is 16.9 Å². The molecule has 0 aromatic rings. The summed E-state index contributed by atoms with van der Waals surface area (Å²) in [6.07, 6.45) is 1.24. The maximum Gasteiger partial charge on any atom is 0.00872 e. The van der Waals surface area contributed by atoms with E-state index in [2.05, 4.69) is 53.8 Å². The normalized spacial score (nSPS) is 15.9. The summed E-state index contributed by atoms with van der Waals surface area (Å²) in [5, 5.41) is 3.58. The summed E-state index contributed by atoms with van der Waals surface area (Å²) in [6.45, 7) is 17.1. The van der Waals surface area contributed by atoms with Crippen molar-refractivity contribution >= 4 is 0 Å². The summed E-state index contributed by atoms with van der Waals surface area (Å²) in [5.74, 6) is 0. The zero-order valence-electron chi connectivity index (χ0n) is 10.5. The predicted octanol–water partition coefficient (Wildman–Crippen LogP) is 3.45. The maximum atomic E-state index is 3.58. The highest BCUT2D eigenvalue weighted by molar-refractivity contribution is 4.76. The summed E-state index contributed by atoms with van der Waals surface area (Å²) in [6, 6.07) is 0.592. The van der Waals surface area contributed by atoms with E-state index in [1.165, 1.54) is 6.42 Å². The van der Waals surface area contributed by atoms with Crippen LogP contribution in [0.5, 0.6) is 0 Å². The zero-order valence-corrected chi connectivity index (χ0v) is 10.5. The van der Waals surface area contributed by atoms with Crippen LogP contribution in [0.4, 0.5) is 0 Å². The van der Waals surface area contributed by atoms with Gasteiger partial charge in [0.15, 0.2) is 0 Å². The van der Waals surface area contributed by atoms with Crippen molar-refractivity contribution in [2.24, 2.45) is 10.8 Å². The van der Waals surface area contributed by atoms with Gasteiger partial charge in [-0.15, -0.1) is 0 Å². The minimum absolute atomic E-state index is 0.373. The van der Waals surface area contributed by atoms with Gasteiger partial charge in [-0.1, -0.05) is 41.5 Å². The molecule has 1 atom stereocenters. The van der Waals surface area contributed by atoms with Crippen LogP contribution in [0.3, 0.4) is 0 Å². The van der Waals surface area contributed by atoms with Gasteiger partial charge in [0.2, 0.25) is 0 Å². The molecule has 0 rings (SSSR count). The molecule has 0 aliphatic heterocycles. The first kappa shape index (κ1) is 13.0. The first-order valence-corrected chi connectivity index (χ1v) is 5.36. The summed E-state index contributed by atoms with van der Waals surface area (Å²) in [7, 11) is 0. The van der Waals surface area contributed by atoms with E-state index in [4.69, 9.17) is 0 Å². The van der Waals surface area contributed by atoms with E-state index >= 15 is 0 Å². The molecule has 0 aliphatic rings. The van der Waals surface area contributed by atoms with E-state index in [1.807, 2.05) is 0 Å². The maximum absolute atomic E-state index is 3.58. The van der Waals surface area contributed by atoms with Crippen LogP contribution in [0, 0.1) is 10.8 Å². The molecule has 0 bridgehead atoms. The van der Waals surface area contributed by atoms with Crippen LogP contribution in [0.1, 0.15) is 54.9 Å². The van der Waals surface area contributed by atoms with E-state index in [-0.39, 0.29) is 0 Å². The minimum Gasteiger partial charge on any atom is -0.314 e. The Hall–Kier alpha value is -0.0400. The SMILES string of the molecule is CC(NCCC(C)(C)C)C(C)(C)C. The van der Waals surface area contributed by atoms with E-state index in [0.717, 1.165) is 6.54 Å². The molecule has 0 saturated carbocycles. The fourth-order valence-electron chi connectivity index (χ4n) is 0.970. The fourth-order valence-corrected chi connectivity index (χ4v) is 0.970. The third kappa shape index (κ3) is 7.06. The molecular formula is C12H27N. The van der Waals surface area contributed by atoms with Gasteiger partial charge in [-0.25, -0.2) is 0 Å². The number of hydrogen-bond donors (Lipinski definition) is 1. The van der Waals surface area contributed by atoms with E-state index in [1.54, 1.807) is 0 Å². The average Bonchev–Trinajstić information content (AvgIpc) is 1.82. The van der Waals surface area contributed by atoms with Crippen molar-refractivity contribution in [1.82, 2.24) is 5.32 Å². The summed E-state index contributed by atoms with van der Waals surface area (Å²) >= 11 is 0. The van der Waals surface area contributed by atoms with Crippen LogP contribution in [0.25, 0.3) is 0 Å². The molecule has 1 nitrogen and oxygen atoms in total. The second kappa shape index (κ2) is 4.45. The number of nitrogens with one attached hydrogen (secondary N) is 1. The van der Waals surface area contributed by atoms with Crippen LogP contribution in [-0.2, 0) is 0 Å². The molecule has 1 heteroatoms. The Balaban J connectivity index is 3.67. The predicted molar refractivity (Wildman–Crippen MR) is 61.0 cm³/mol. The molecule has 0 heterocycles. The van der Waals surface area contributed by atoms with Crippen LogP contribution in [0.15, 0.2) is 0 Å². The van der Waals surface area contributed by atoms with Gasteiger partial charge in [0.1, 0.15) is 0 Å². The van der Waals surface area contributed by atoms with Gasteiger partial charge in [0, 0.05) is 6.04 Å². The topological polar surface area (TPSA) is 12.0 Å². The molecule has 0 saturated heterocycles. The highest BCUT2D eigenvalue weighted by Gasteiger charge is 2.19. The molecule has 0 fully saturated rings. The van der Waals surface area contributed by atoms with Gasteiger partial charge in [0.25, 0.3) is 0 Å². The van der Waals surface area contributed by atoms with Gasteiger partial charge in [-0.05, 0) is 30.7 Å². The Morgan fingerprint density at radius 3 is 1.77 bits per heavy atom. The van der Waals surface area contributed by atoms with Gasteiger partial charge in [-0.2, -0.15) is 0 Å². The summed E-state index contributed by atoms with van der Waals surface area (Å²) < 4.78 is 0. The fraction of sp³-hybridized carbons (Fsp3) is 1.00. The lowest BCUT2D eigenvalue weighted by molar-refractivity contribution is 0.268. The van der Waals surface area contributed by atoms with Gasteiger partial charge < -0.3 is 5.32 Å². The molecule has 0 amide bonds. The van der Waals surface area contributed by atoms with Crippen molar-refractivity contribution in [3.8, 4) is 0 Å². The summed E-state index contributed by atoms with van der Waals surface area (Å²) in [5.41, 5.74) is 0.822. The molecule has 0 aromatic heterocycles. The Morgan fingerprint density at radius 1 is 1.00 bits per heavy atom. The zero-order chi connectivity index (χ0) is 10.7. The lowest BCUT2D eigenvalue weighted by atomic mass is 9.87. The lowest BCUT2D eigenvalue weighted by Crippen LogP contribution is -2.39. The molecular weight excluding hydrogens is 158 g/mol. The molecule has 0 aliphatic carbocycles. The van der Waals surface area contributed by atoms with Crippen LogP contribution >= 0.6 is 0 Å². The largest absolute Gasteiger partial charge is 0.314 e. The number of rotatable bonds is 3. The Bertz CT molecular complexity index is 136. The van der Waals surface area contributed by atoms with Crippen molar-refractivity contribution < 1.29 is 0 Å². The third-order valence-electron chi connectivity index (χ3n) is 2.62. The van der Waals surface area contributed by atoms with Gasteiger partial charge >= 0.3 is 0 Å². The summed E-state index contributed by atoms with van der Waals surface area (Å²) in [4.78, 5) is 0. The first-order chi connectivity index (χ1) is 5.63. The van der Waals surface area contributed by atoms with Crippen LogP contribution < -0.4 is 5.32 Å². The van der Waals surface area contributed by atoms with Crippen molar-refractivity contribution in [3.05, 3.63) is 0 Å². The van der Waals surface area contributed by atoms with Crippen LogP contribution in [-0.4, -0.2) is 12.6 Å². The second-order valence-electron chi connectivity index (χ2n) is 6.35. The third-order valence-corrected chi connectivity index (χ3v) is 2.62. The van der Waals surface area contributed by atoms with Crippen molar-refractivity contribution in [3.63, 3.8) is 0 Å². The highest BCUT2D eigenvalue weighted by Crippen LogP contribution is 2.20. The molecule has 0 radical (unpaired) electrons. The standard InChI is InChI=1S/C12H27N/c1-10(12(5,6)7)13-9-8-11(2,3)4/h10,13H,8-9H2,1-7H3. The lowest BCUT2D eigenvalue weighted by Gasteiger charge is -2.29.